The average molecular weight is 273 g/mol. The molecular formula is C14H13BFNO3. The van der Waals surface area contributed by atoms with Crippen molar-refractivity contribution in [2.45, 2.75) is 6.92 Å². The molecule has 0 aliphatic heterocycles. The van der Waals surface area contributed by atoms with E-state index in [0.717, 1.165) is 11.6 Å². The van der Waals surface area contributed by atoms with Gasteiger partial charge in [-0.15, -0.1) is 0 Å². The van der Waals surface area contributed by atoms with Gasteiger partial charge in [0.05, 0.1) is 5.56 Å². The van der Waals surface area contributed by atoms with Crippen LogP contribution in [0, 0.1) is 12.7 Å². The van der Waals surface area contributed by atoms with Crippen LogP contribution in [0.25, 0.3) is 0 Å². The summed E-state index contributed by atoms with van der Waals surface area (Å²) in [7, 11) is -1.77. The zero-order chi connectivity index (χ0) is 14.7. The zero-order valence-corrected chi connectivity index (χ0v) is 10.8. The molecule has 0 heterocycles. The first-order valence-corrected chi connectivity index (χ1v) is 6.01. The van der Waals surface area contributed by atoms with Crippen molar-refractivity contribution in [3.8, 4) is 0 Å². The Kier molecular flexibility index (Phi) is 4.17. The molecule has 2 aromatic rings. The van der Waals surface area contributed by atoms with Crippen molar-refractivity contribution in [2.75, 3.05) is 5.32 Å². The fourth-order valence-electron chi connectivity index (χ4n) is 1.78. The minimum atomic E-state index is -1.77. The number of rotatable bonds is 3. The minimum absolute atomic E-state index is 0.00468. The molecule has 6 heteroatoms. The molecule has 0 saturated heterocycles. The second-order valence-corrected chi connectivity index (χ2v) is 4.38. The van der Waals surface area contributed by atoms with Gasteiger partial charge in [0.2, 0.25) is 0 Å². The number of benzene rings is 2. The molecule has 0 spiro atoms. The molecule has 20 heavy (non-hydrogen) atoms. The third-order valence-corrected chi connectivity index (χ3v) is 2.93. The van der Waals surface area contributed by atoms with Crippen LogP contribution >= 0.6 is 0 Å². The lowest BCUT2D eigenvalue weighted by atomic mass is 9.80. The second kappa shape index (κ2) is 5.86. The molecule has 1 amide bonds. The number of halogens is 1. The fourth-order valence-corrected chi connectivity index (χ4v) is 1.78. The summed E-state index contributed by atoms with van der Waals surface area (Å²) in [5.41, 5.74) is 1.31. The lowest BCUT2D eigenvalue weighted by molar-refractivity contribution is 0.102. The summed E-state index contributed by atoms with van der Waals surface area (Å²) in [5.74, 6) is -1.39. The number of nitrogens with one attached hydrogen (secondary N) is 1. The first-order chi connectivity index (χ1) is 9.49. The fraction of sp³-hybridized carbons (Fsp3) is 0.0714. The van der Waals surface area contributed by atoms with Gasteiger partial charge >= 0.3 is 7.12 Å². The maximum atomic E-state index is 13.8. The van der Waals surface area contributed by atoms with E-state index in [1.807, 2.05) is 19.1 Å². The lowest BCUT2D eigenvalue weighted by Gasteiger charge is -2.09. The quantitative estimate of drug-likeness (QED) is 0.732. The van der Waals surface area contributed by atoms with Gasteiger partial charge in [-0.25, -0.2) is 4.39 Å². The Balaban J connectivity index is 2.24. The number of aryl methyl sites for hydroxylation is 1. The average Bonchev–Trinajstić information content (AvgIpc) is 2.41. The number of anilines is 1. The predicted molar refractivity (Wildman–Crippen MR) is 75.4 cm³/mol. The summed E-state index contributed by atoms with van der Waals surface area (Å²) < 4.78 is 13.8. The largest absolute Gasteiger partial charge is 0.488 e. The van der Waals surface area contributed by atoms with Crippen molar-refractivity contribution in [1.29, 1.82) is 0 Å². The Morgan fingerprint density at radius 1 is 1.20 bits per heavy atom. The summed E-state index contributed by atoms with van der Waals surface area (Å²) in [5, 5.41) is 20.5. The van der Waals surface area contributed by atoms with Crippen LogP contribution in [-0.4, -0.2) is 23.1 Å². The number of hydrogen-bond acceptors (Lipinski definition) is 3. The number of hydrogen-bond donors (Lipinski definition) is 3. The van der Waals surface area contributed by atoms with Crippen LogP contribution in [0.5, 0.6) is 0 Å². The molecule has 0 aliphatic rings. The molecule has 3 N–H and O–H groups in total. The molecule has 0 aliphatic carbocycles. The van der Waals surface area contributed by atoms with Crippen LogP contribution in [0.1, 0.15) is 15.9 Å². The molecule has 0 bridgehead atoms. The monoisotopic (exact) mass is 273 g/mol. The van der Waals surface area contributed by atoms with E-state index < -0.39 is 18.8 Å². The van der Waals surface area contributed by atoms with E-state index in [4.69, 9.17) is 10.0 Å². The molecule has 0 atom stereocenters. The topological polar surface area (TPSA) is 69.6 Å². The Hall–Kier alpha value is -2.18. The van der Waals surface area contributed by atoms with Gasteiger partial charge in [0, 0.05) is 5.69 Å². The highest BCUT2D eigenvalue weighted by Gasteiger charge is 2.17. The Labute approximate surface area is 116 Å². The van der Waals surface area contributed by atoms with Crippen molar-refractivity contribution in [3.05, 3.63) is 59.4 Å². The molecule has 0 saturated carbocycles. The summed E-state index contributed by atoms with van der Waals surface area (Å²) in [6, 6.07) is 10.6. The summed E-state index contributed by atoms with van der Waals surface area (Å²) in [6.07, 6.45) is 0. The van der Waals surface area contributed by atoms with E-state index in [-0.39, 0.29) is 11.0 Å². The zero-order valence-electron chi connectivity index (χ0n) is 10.8. The molecule has 102 valence electrons. The number of carbonyl (C=O) groups is 1. The van der Waals surface area contributed by atoms with E-state index in [1.165, 1.54) is 12.1 Å². The molecular weight excluding hydrogens is 260 g/mol. The van der Waals surface area contributed by atoms with Crippen molar-refractivity contribution in [1.82, 2.24) is 0 Å². The summed E-state index contributed by atoms with van der Waals surface area (Å²) in [4.78, 5) is 12.0. The van der Waals surface area contributed by atoms with Gasteiger partial charge in [0.15, 0.2) is 0 Å². The van der Waals surface area contributed by atoms with E-state index in [1.54, 1.807) is 12.1 Å². The van der Waals surface area contributed by atoms with Gasteiger partial charge in [-0.3, -0.25) is 4.79 Å². The van der Waals surface area contributed by atoms with Crippen LogP contribution in [0.15, 0.2) is 42.5 Å². The van der Waals surface area contributed by atoms with Gasteiger partial charge in [-0.1, -0.05) is 24.3 Å². The minimum Gasteiger partial charge on any atom is -0.423 e. The first-order valence-electron chi connectivity index (χ1n) is 6.01. The van der Waals surface area contributed by atoms with Gasteiger partial charge < -0.3 is 15.4 Å². The van der Waals surface area contributed by atoms with Crippen LogP contribution in [0.2, 0.25) is 0 Å². The van der Waals surface area contributed by atoms with E-state index in [2.05, 4.69) is 5.32 Å². The number of para-hydroxylation sites is 1. The van der Waals surface area contributed by atoms with Crippen molar-refractivity contribution < 1.29 is 19.2 Å². The highest BCUT2D eigenvalue weighted by atomic mass is 19.1. The molecule has 0 fully saturated rings. The van der Waals surface area contributed by atoms with Crippen LogP contribution in [-0.2, 0) is 0 Å². The summed E-state index contributed by atoms with van der Waals surface area (Å²) in [6.45, 7) is 1.83. The predicted octanol–water partition coefficient (Wildman–Crippen LogP) is 1.07. The molecule has 2 rings (SSSR count). The Morgan fingerprint density at radius 3 is 2.50 bits per heavy atom. The SMILES string of the molecule is Cc1ccccc1NC(=O)c1ccc(B(O)O)cc1F. The molecule has 0 unspecified atom stereocenters. The maximum absolute atomic E-state index is 13.8. The van der Waals surface area contributed by atoms with E-state index >= 15 is 0 Å². The van der Waals surface area contributed by atoms with E-state index in [0.29, 0.717) is 5.69 Å². The molecule has 0 aromatic heterocycles. The van der Waals surface area contributed by atoms with Gasteiger partial charge in [-0.2, -0.15) is 0 Å². The standard InChI is InChI=1S/C14H13BFNO3/c1-9-4-2-3-5-13(9)17-14(18)11-7-6-10(15(19)20)8-12(11)16/h2-8,19-20H,1H3,(H,17,18). The highest BCUT2D eigenvalue weighted by Crippen LogP contribution is 2.15. The van der Waals surface area contributed by atoms with E-state index in [9.17, 15) is 9.18 Å². The highest BCUT2D eigenvalue weighted by molar-refractivity contribution is 6.58. The normalized spacial score (nSPS) is 10.2. The Morgan fingerprint density at radius 2 is 1.90 bits per heavy atom. The third-order valence-electron chi connectivity index (χ3n) is 2.93. The molecule has 4 nitrogen and oxygen atoms in total. The van der Waals surface area contributed by atoms with Gasteiger partial charge in [-0.05, 0) is 36.1 Å². The van der Waals surface area contributed by atoms with Gasteiger partial charge in [0.25, 0.3) is 5.91 Å². The van der Waals surface area contributed by atoms with Crippen LogP contribution in [0.3, 0.4) is 0 Å². The van der Waals surface area contributed by atoms with Gasteiger partial charge in [0.1, 0.15) is 5.82 Å². The third kappa shape index (κ3) is 3.04. The van der Waals surface area contributed by atoms with Crippen molar-refractivity contribution in [3.63, 3.8) is 0 Å². The number of carbonyl (C=O) groups excluding carboxylic acids is 1. The van der Waals surface area contributed by atoms with Crippen LogP contribution in [0.4, 0.5) is 10.1 Å². The second-order valence-electron chi connectivity index (χ2n) is 4.38. The Bertz CT molecular complexity index is 646. The summed E-state index contributed by atoms with van der Waals surface area (Å²) >= 11 is 0. The van der Waals surface area contributed by atoms with Crippen molar-refractivity contribution >= 4 is 24.2 Å². The van der Waals surface area contributed by atoms with Crippen molar-refractivity contribution in [2.24, 2.45) is 0 Å². The van der Waals surface area contributed by atoms with Crippen LogP contribution < -0.4 is 10.8 Å². The first kappa shape index (κ1) is 14.2. The lowest BCUT2D eigenvalue weighted by Crippen LogP contribution is -2.30. The molecule has 2 aromatic carbocycles. The smallest absolute Gasteiger partial charge is 0.423 e. The molecule has 0 radical (unpaired) electrons. The maximum Gasteiger partial charge on any atom is 0.488 e. The number of amides is 1.